The van der Waals surface area contributed by atoms with Gasteiger partial charge in [-0.05, 0) is 133 Å². The van der Waals surface area contributed by atoms with Crippen molar-refractivity contribution in [1.29, 1.82) is 0 Å². The highest BCUT2D eigenvalue weighted by molar-refractivity contribution is 5.95. The molecule has 81 heavy (non-hydrogen) atoms. The summed E-state index contributed by atoms with van der Waals surface area (Å²) in [6.07, 6.45) is -6.22. The van der Waals surface area contributed by atoms with Crippen LogP contribution in [-0.4, -0.2) is 210 Å². The van der Waals surface area contributed by atoms with Crippen LogP contribution in [0, 0.1) is 17.8 Å². The molecule has 0 amide bonds. The Bertz CT molecular complexity index is 2520. The fourth-order valence-corrected chi connectivity index (χ4v) is 12.1. The van der Waals surface area contributed by atoms with E-state index >= 15 is 0 Å². The van der Waals surface area contributed by atoms with Crippen LogP contribution in [0.2, 0.25) is 0 Å². The summed E-state index contributed by atoms with van der Waals surface area (Å²) >= 11 is 0. The molecule has 18 atom stereocenters. The number of carbonyl (C=O) groups is 4. The second kappa shape index (κ2) is 27.7. The van der Waals surface area contributed by atoms with Gasteiger partial charge in [-0.1, -0.05) is 20.8 Å². The van der Waals surface area contributed by atoms with Gasteiger partial charge in [0.25, 0.3) is 0 Å². The lowest BCUT2D eigenvalue weighted by Crippen LogP contribution is -2.61. The van der Waals surface area contributed by atoms with Crippen molar-refractivity contribution in [3.8, 4) is 5.75 Å². The standard InChI is InChI=1S/C59H93N3O19/c1-16-45-59(11,71)51(67)37(7)61(14)29-32(2)27-57(9,70)52(81-56-49(66)44(60(12)13)25-34(4)76-56)35(5)50(36(6)54(68)78-45)80-47-28-58(10,72-15)53(38(8)77-47)79-46(64)21-22-73-23-24-74-40-19-20-43-41(26-40)48(65)42(30-62(43)39-17-18-39)55(69)75-31-33(3)63/h19-20,26,30,32,34-39,44-45,47,49-53,56,66-67,70-71H,16-18,21-25,27-29,31H2,1-15H3/t32-,34-,35+,36-,37-,38+,44+,45-,47?,49-,50+,51-,52-,53+,56?,57-,58+,59-/m1/s1. The molecular weight excluding hydrogens is 1050 g/mol. The molecular formula is C59H93N3O19. The summed E-state index contributed by atoms with van der Waals surface area (Å²) in [6.45, 7) is 18.8. The monoisotopic (exact) mass is 1150 g/mol. The van der Waals surface area contributed by atoms with Crippen LogP contribution in [0.15, 0.2) is 29.2 Å². The maximum absolute atomic E-state index is 14.6. The molecule has 1 aromatic carbocycles. The fourth-order valence-electron chi connectivity index (χ4n) is 12.1. The average Bonchev–Trinajstić information content (AvgIpc) is 4.45. The molecule has 458 valence electrons. The van der Waals surface area contributed by atoms with Crippen molar-refractivity contribution in [2.45, 2.75) is 217 Å². The van der Waals surface area contributed by atoms with E-state index in [1.807, 2.05) is 49.4 Å². The Balaban J connectivity index is 1.16. The Morgan fingerprint density at radius 1 is 0.914 bits per heavy atom. The topological polar surface area (TPSA) is 270 Å². The Kier molecular flexibility index (Phi) is 22.6. The Morgan fingerprint density at radius 3 is 2.23 bits per heavy atom. The van der Waals surface area contributed by atoms with Gasteiger partial charge in [0.05, 0.1) is 66.5 Å². The van der Waals surface area contributed by atoms with E-state index in [1.165, 1.54) is 27.2 Å². The number of Topliss-reactive ketones (excluding diaryl/α,β-unsaturated/α-hetero) is 1. The summed E-state index contributed by atoms with van der Waals surface area (Å²) in [6, 6.07) is 4.23. The number of hydrogen-bond donors (Lipinski definition) is 4. The molecule has 3 aliphatic heterocycles. The van der Waals surface area contributed by atoms with Crippen LogP contribution in [0.1, 0.15) is 138 Å². The van der Waals surface area contributed by atoms with Gasteiger partial charge in [-0.15, -0.1) is 0 Å². The zero-order valence-electron chi connectivity index (χ0n) is 50.3. The molecule has 1 aromatic heterocycles. The minimum atomic E-state index is -1.88. The molecule has 0 radical (unpaired) electrons. The molecule has 4 fully saturated rings. The summed E-state index contributed by atoms with van der Waals surface area (Å²) in [5, 5.41) is 48.4. The quantitative estimate of drug-likeness (QED) is 0.0866. The number of likely N-dealkylation sites (N-methyl/N-ethyl adjacent to an activating group) is 2. The highest BCUT2D eigenvalue weighted by Crippen LogP contribution is 2.42. The first-order chi connectivity index (χ1) is 37.9. The van der Waals surface area contributed by atoms with Crippen molar-refractivity contribution < 1.29 is 87.0 Å². The van der Waals surface area contributed by atoms with Crippen LogP contribution in [-0.2, 0) is 57.0 Å². The number of aliphatic hydroxyl groups excluding tert-OH is 2. The molecule has 2 unspecified atom stereocenters. The molecule has 1 aliphatic carbocycles. The van der Waals surface area contributed by atoms with E-state index in [4.69, 9.17) is 47.4 Å². The molecule has 22 nitrogen and oxygen atoms in total. The van der Waals surface area contributed by atoms with Crippen molar-refractivity contribution >= 4 is 34.6 Å². The van der Waals surface area contributed by atoms with Crippen LogP contribution in [0.25, 0.3) is 10.9 Å². The lowest BCUT2D eigenvalue weighted by molar-refractivity contribution is -0.318. The van der Waals surface area contributed by atoms with Crippen molar-refractivity contribution in [3.05, 3.63) is 40.2 Å². The number of aromatic nitrogens is 1. The Labute approximate surface area is 476 Å². The van der Waals surface area contributed by atoms with E-state index in [0.717, 1.165) is 12.8 Å². The number of nitrogens with zero attached hydrogens (tertiary/aromatic N) is 3. The van der Waals surface area contributed by atoms with E-state index in [-0.39, 0.29) is 86.3 Å². The zero-order valence-corrected chi connectivity index (χ0v) is 50.3. The molecule has 4 N–H and O–H groups in total. The lowest BCUT2D eigenvalue weighted by Gasteiger charge is -2.49. The van der Waals surface area contributed by atoms with Crippen LogP contribution in [0.4, 0.5) is 0 Å². The number of cyclic esters (lactones) is 1. The number of benzene rings is 1. The number of esters is 3. The Hall–Kier alpha value is -4.17. The Morgan fingerprint density at radius 2 is 1.60 bits per heavy atom. The summed E-state index contributed by atoms with van der Waals surface area (Å²) in [7, 11) is 7.03. The number of ether oxygens (including phenoxy) is 10. The smallest absolute Gasteiger partial charge is 0.344 e. The van der Waals surface area contributed by atoms with Gasteiger partial charge in [0.1, 0.15) is 54.0 Å². The van der Waals surface area contributed by atoms with Gasteiger partial charge in [-0.2, -0.15) is 0 Å². The normalized spacial score (nSPS) is 36.8. The maximum atomic E-state index is 14.6. The largest absolute Gasteiger partial charge is 0.491 e. The summed E-state index contributed by atoms with van der Waals surface area (Å²) in [4.78, 5) is 69.6. The van der Waals surface area contributed by atoms with Gasteiger partial charge in [-0.25, -0.2) is 4.79 Å². The number of pyridine rings is 1. The lowest BCUT2D eigenvalue weighted by atomic mass is 9.77. The number of methoxy groups -OCH3 is 1. The van der Waals surface area contributed by atoms with Gasteiger partial charge in [0.15, 0.2) is 24.5 Å². The van der Waals surface area contributed by atoms with Gasteiger partial charge in [-0.3, -0.25) is 19.2 Å². The third-order valence-corrected chi connectivity index (χ3v) is 16.9. The van der Waals surface area contributed by atoms with Crippen molar-refractivity contribution in [1.82, 2.24) is 14.4 Å². The summed E-state index contributed by atoms with van der Waals surface area (Å²) in [5.41, 5.74) is -4.80. The minimum Gasteiger partial charge on any atom is -0.491 e. The van der Waals surface area contributed by atoms with E-state index in [1.54, 1.807) is 66.7 Å². The highest BCUT2D eigenvalue weighted by Gasteiger charge is 2.54. The number of fused-ring (bicyclic) bond motifs is 1. The second-order valence-electron chi connectivity index (χ2n) is 24.3. The fraction of sp³-hybridized carbons (Fsp3) is 0.780. The molecule has 0 spiro atoms. The predicted molar refractivity (Wildman–Crippen MR) is 296 cm³/mol. The molecule has 6 rings (SSSR count). The van der Waals surface area contributed by atoms with Gasteiger partial charge < -0.3 is 82.2 Å². The average molecular weight is 1150 g/mol. The van der Waals surface area contributed by atoms with Crippen LogP contribution < -0.4 is 10.2 Å². The highest BCUT2D eigenvalue weighted by atomic mass is 16.7. The SMILES string of the molecule is CC[C@H]1OC(=O)[C@H](C)[C@@H](OC2C[C@](C)(OC)[C@@H](OC(=O)CCOCCOc3ccc4c(c3)c(=O)c(C(=O)OCC(C)=O)cn4C3CC3)[C@H](C)O2)[C@H](C)[C@@H](OC2O[C@H](C)C[C@H](N(C)C)[C@H]2O)[C@](C)(O)C[C@@H](C)CN(C)[C@H](C)[C@@H](O)[C@]1(C)O. The van der Waals surface area contributed by atoms with Crippen molar-refractivity contribution in [2.24, 2.45) is 17.8 Å². The third-order valence-electron chi connectivity index (χ3n) is 16.9. The van der Waals surface area contributed by atoms with Crippen molar-refractivity contribution in [2.75, 3.05) is 61.2 Å². The third kappa shape index (κ3) is 16.0. The summed E-state index contributed by atoms with van der Waals surface area (Å²) in [5.74, 6) is -4.39. The van der Waals surface area contributed by atoms with E-state index in [2.05, 4.69) is 0 Å². The summed E-state index contributed by atoms with van der Waals surface area (Å²) < 4.78 is 63.4. The number of hydrogen-bond acceptors (Lipinski definition) is 21. The number of rotatable bonds is 19. The van der Waals surface area contributed by atoms with Gasteiger partial charge >= 0.3 is 17.9 Å². The minimum absolute atomic E-state index is 0.00715. The predicted octanol–water partition coefficient (Wildman–Crippen LogP) is 4.33. The van der Waals surface area contributed by atoms with Gasteiger partial charge in [0, 0.05) is 50.3 Å². The first-order valence-electron chi connectivity index (χ1n) is 28.7. The number of carbonyl (C=O) groups excluding carboxylic acids is 4. The molecule has 4 heterocycles. The second-order valence-corrected chi connectivity index (χ2v) is 24.3. The number of aliphatic hydroxyl groups is 4. The van der Waals surface area contributed by atoms with Crippen LogP contribution >= 0.6 is 0 Å². The molecule has 4 aliphatic rings. The van der Waals surface area contributed by atoms with E-state index in [0.29, 0.717) is 24.2 Å². The molecule has 2 aromatic rings. The molecule has 3 saturated heterocycles. The zero-order chi connectivity index (χ0) is 60.1. The first kappa shape index (κ1) is 66.0. The number of ketones is 1. The molecule has 1 saturated carbocycles. The van der Waals surface area contributed by atoms with Crippen LogP contribution in [0.3, 0.4) is 0 Å². The van der Waals surface area contributed by atoms with Crippen LogP contribution in [0.5, 0.6) is 5.75 Å². The molecule has 22 heteroatoms. The molecule has 0 bridgehead atoms. The van der Waals surface area contributed by atoms with Crippen molar-refractivity contribution in [3.63, 3.8) is 0 Å². The van der Waals surface area contributed by atoms with Gasteiger partial charge in [0.2, 0.25) is 5.43 Å². The van der Waals surface area contributed by atoms with E-state index < -0.39 is 120 Å². The van der Waals surface area contributed by atoms with E-state index in [9.17, 15) is 44.4 Å². The maximum Gasteiger partial charge on any atom is 0.344 e. The first-order valence-corrected chi connectivity index (χ1v) is 28.7.